The smallest absolute Gasteiger partial charge is 0.0359 e. The molecule has 0 amide bonds. The molecule has 1 heterocycles. The normalized spacial score (nSPS) is 28.8. The lowest BCUT2D eigenvalue weighted by Gasteiger charge is -2.38. The van der Waals surface area contributed by atoms with Crippen molar-refractivity contribution in [2.24, 2.45) is 5.92 Å². The molecule has 0 aromatic heterocycles. The summed E-state index contributed by atoms with van der Waals surface area (Å²) in [5.74, 6) is 1.67. The van der Waals surface area contributed by atoms with E-state index in [1.807, 2.05) is 0 Å². The van der Waals surface area contributed by atoms with Gasteiger partial charge >= 0.3 is 0 Å². The standard InChI is InChI=1S/C18H27N/c1-13-11-17(19(12-13)18(2,3)4)16-8-6-5-7-15(16)14-9-10-14/h5-8,13-14,17H,9-12H2,1-4H3/t13-,17?/m0/s1. The molecule has 1 aliphatic heterocycles. The van der Waals surface area contributed by atoms with Gasteiger partial charge in [-0.2, -0.15) is 0 Å². The molecule has 1 aromatic rings. The highest BCUT2D eigenvalue weighted by Gasteiger charge is 2.39. The Morgan fingerprint density at radius 2 is 1.68 bits per heavy atom. The maximum absolute atomic E-state index is 2.72. The molecular weight excluding hydrogens is 230 g/mol. The predicted molar refractivity (Wildman–Crippen MR) is 81.4 cm³/mol. The zero-order valence-electron chi connectivity index (χ0n) is 12.8. The van der Waals surface area contributed by atoms with E-state index in [9.17, 15) is 0 Å². The minimum Gasteiger partial charge on any atom is -0.291 e. The minimum atomic E-state index is 0.270. The summed E-state index contributed by atoms with van der Waals surface area (Å²) in [7, 11) is 0. The van der Waals surface area contributed by atoms with Gasteiger partial charge in [-0.05, 0) is 63.0 Å². The highest BCUT2D eigenvalue weighted by Crippen LogP contribution is 2.47. The van der Waals surface area contributed by atoms with Gasteiger partial charge in [0, 0.05) is 18.1 Å². The average Bonchev–Trinajstić information content (AvgIpc) is 3.11. The van der Waals surface area contributed by atoms with Crippen molar-refractivity contribution in [3.05, 3.63) is 35.4 Å². The van der Waals surface area contributed by atoms with E-state index in [2.05, 4.69) is 56.9 Å². The SMILES string of the molecule is C[C@H]1CC(c2ccccc2C2CC2)N(C(C)(C)C)C1. The number of rotatable bonds is 2. The Bertz CT molecular complexity index is 453. The summed E-state index contributed by atoms with van der Waals surface area (Å²) in [4.78, 5) is 2.72. The Labute approximate surface area is 118 Å². The van der Waals surface area contributed by atoms with E-state index in [0.717, 1.165) is 11.8 Å². The largest absolute Gasteiger partial charge is 0.291 e. The molecule has 19 heavy (non-hydrogen) atoms. The second-order valence-electron chi connectivity index (χ2n) is 7.58. The minimum absolute atomic E-state index is 0.270. The molecular formula is C18H27N. The molecule has 1 aliphatic carbocycles. The van der Waals surface area contributed by atoms with Crippen LogP contribution in [0.5, 0.6) is 0 Å². The third kappa shape index (κ3) is 2.58. The number of hydrogen-bond acceptors (Lipinski definition) is 1. The maximum atomic E-state index is 2.72. The van der Waals surface area contributed by atoms with Crippen LogP contribution < -0.4 is 0 Å². The van der Waals surface area contributed by atoms with E-state index in [1.165, 1.54) is 25.8 Å². The number of hydrogen-bond donors (Lipinski definition) is 0. The third-order valence-corrected chi connectivity index (χ3v) is 4.74. The van der Waals surface area contributed by atoms with Crippen molar-refractivity contribution in [1.82, 2.24) is 4.90 Å². The van der Waals surface area contributed by atoms with Crippen molar-refractivity contribution in [3.8, 4) is 0 Å². The Morgan fingerprint density at radius 3 is 2.26 bits per heavy atom. The van der Waals surface area contributed by atoms with Crippen LogP contribution in [0.3, 0.4) is 0 Å². The van der Waals surface area contributed by atoms with Gasteiger partial charge < -0.3 is 0 Å². The van der Waals surface area contributed by atoms with Crippen molar-refractivity contribution in [3.63, 3.8) is 0 Å². The van der Waals surface area contributed by atoms with Crippen LogP contribution in [0.2, 0.25) is 0 Å². The summed E-state index contributed by atoms with van der Waals surface area (Å²) in [6.07, 6.45) is 4.12. The van der Waals surface area contributed by atoms with E-state index in [1.54, 1.807) is 11.1 Å². The van der Waals surface area contributed by atoms with Gasteiger partial charge in [0.15, 0.2) is 0 Å². The van der Waals surface area contributed by atoms with Gasteiger partial charge in [-0.25, -0.2) is 0 Å². The lowest BCUT2D eigenvalue weighted by atomic mass is 9.92. The molecule has 3 rings (SSSR count). The molecule has 2 atom stereocenters. The third-order valence-electron chi connectivity index (χ3n) is 4.74. The topological polar surface area (TPSA) is 3.24 Å². The number of benzene rings is 1. The van der Waals surface area contributed by atoms with Crippen LogP contribution in [-0.4, -0.2) is 17.0 Å². The zero-order valence-corrected chi connectivity index (χ0v) is 12.8. The van der Waals surface area contributed by atoms with Crippen LogP contribution in [0, 0.1) is 5.92 Å². The highest BCUT2D eigenvalue weighted by molar-refractivity contribution is 5.36. The van der Waals surface area contributed by atoms with Crippen LogP contribution in [-0.2, 0) is 0 Å². The van der Waals surface area contributed by atoms with Crippen molar-refractivity contribution >= 4 is 0 Å². The van der Waals surface area contributed by atoms with Crippen LogP contribution in [0.15, 0.2) is 24.3 Å². The average molecular weight is 257 g/mol. The highest BCUT2D eigenvalue weighted by atomic mass is 15.2. The van der Waals surface area contributed by atoms with Crippen LogP contribution >= 0.6 is 0 Å². The second kappa shape index (κ2) is 4.63. The van der Waals surface area contributed by atoms with Crippen molar-refractivity contribution < 1.29 is 0 Å². The van der Waals surface area contributed by atoms with Crippen molar-refractivity contribution in [2.75, 3.05) is 6.54 Å². The van der Waals surface area contributed by atoms with Gasteiger partial charge in [0.05, 0.1) is 0 Å². The molecule has 1 unspecified atom stereocenters. The molecule has 1 aromatic carbocycles. The molecule has 1 saturated carbocycles. The summed E-state index contributed by atoms with van der Waals surface area (Å²) in [6, 6.07) is 9.83. The van der Waals surface area contributed by atoms with E-state index in [0.29, 0.717) is 6.04 Å². The fraction of sp³-hybridized carbons (Fsp3) is 0.667. The van der Waals surface area contributed by atoms with E-state index in [4.69, 9.17) is 0 Å². The fourth-order valence-corrected chi connectivity index (χ4v) is 3.66. The molecule has 2 fully saturated rings. The van der Waals surface area contributed by atoms with Crippen molar-refractivity contribution in [1.29, 1.82) is 0 Å². The maximum Gasteiger partial charge on any atom is 0.0359 e. The Balaban J connectivity index is 1.96. The molecule has 1 heteroatoms. The Kier molecular flexibility index (Phi) is 3.21. The van der Waals surface area contributed by atoms with Crippen LogP contribution in [0.1, 0.15) is 70.0 Å². The summed E-state index contributed by atoms with van der Waals surface area (Å²) >= 11 is 0. The van der Waals surface area contributed by atoms with Crippen LogP contribution in [0.4, 0.5) is 0 Å². The van der Waals surface area contributed by atoms with Gasteiger partial charge in [0.2, 0.25) is 0 Å². The molecule has 1 nitrogen and oxygen atoms in total. The Hall–Kier alpha value is -0.820. The van der Waals surface area contributed by atoms with Gasteiger partial charge in [-0.3, -0.25) is 4.90 Å². The van der Waals surface area contributed by atoms with E-state index < -0.39 is 0 Å². The molecule has 0 bridgehead atoms. The van der Waals surface area contributed by atoms with Gasteiger partial charge in [-0.15, -0.1) is 0 Å². The zero-order chi connectivity index (χ0) is 13.6. The number of nitrogens with zero attached hydrogens (tertiary/aromatic N) is 1. The lowest BCUT2D eigenvalue weighted by molar-refractivity contribution is 0.119. The number of likely N-dealkylation sites (tertiary alicyclic amines) is 1. The molecule has 0 radical (unpaired) electrons. The summed E-state index contributed by atoms with van der Waals surface area (Å²) in [6.45, 7) is 10.7. The summed E-state index contributed by atoms with van der Waals surface area (Å²) in [5, 5.41) is 0. The first-order chi connectivity index (χ1) is 8.97. The van der Waals surface area contributed by atoms with E-state index >= 15 is 0 Å². The second-order valence-corrected chi connectivity index (χ2v) is 7.58. The van der Waals surface area contributed by atoms with Gasteiger partial charge in [0.25, 0.3) is 0 Å². The first-order valence-corrected chi connectivity index (χ1v) is 7.82. The quantitative estimate of drug-likeness (QED) is 0.739. The molecule has 0 N–H and O–H groups in total. The predicted octanol–water partition coefficient (Wildman–Crippen LogP) is 4.75. The molecule has 1 saturated heterocycles. The van der Waals surface area contributed by atoms with Gasteiger partial charge in [-0.1, -0.05) is 31.2 Å². The molecule has 0 spiro atoms. The van der Waals surface area contributed by atoms with E-state index in [-0.39, 0.29) is 5.54 Å². The van der Waals surface area contributed by atoms with Crippen LogP contribution in [0.25, 0.3) is 0 Å². The van der Waals surface area contributed by atoms with Gasteiger partial charge in [0.1, 0.15) is 0 Å². The molecule has 104 valence electrons. The first kappa shape index (κ1) is 13.2. The fourth-order valence-electron chi connectivity index (χ4n) is 3.66. The lowest BCUT2D eigenvalue weighted by Crippen LogP contribution is -2.41. The summed E-state index contributed by atoms with van der Waals surface area (Å²) < 4.78 is 0. The summed E-state index contributed by atoms with van der Waals surface area (Å²) in [5.41, 5.74) is 3.52. The monoisotopic (exact) mass is 257 g/mol. The Morgan fingerprint density at radius 1 is 1.05 bits per heavy atom. The van der Waals surface area contributed by atoms with Crippen molar-refractivity contribution in [2.45, 2.75) is 64.5 Å². The first-order valence-electron chi connectivity index (χ1n) is 7.82. The molecule has 2 aliphatic rings.